The molecule has 0 aliphatic rings. The minimum absolute atomic E-state index is 0.0289. The molecule has 21 heavy (non-hydrogen) atoms. The quantitative estimate of drug-likeness (QED) is 0.605. The highest BCUT2D eigenvalue weighted by atomic mass is 32.2. The highest BCUT2D eigenvalue weighted by Crippen LogP contribution is 2.28. The molecule has 2 aromatic rings. The fourth-order valence-electron chi connectivity index (χ4n) is 1.52. The Morgan fingerprint density at radius 1 is 1.38 bits per heavy atom. The van der Waals surface area contributed by atoms with Gasteiger partial charge in [-0.1, -0.05) is 11.8 Å². The van der Waals surface area contributed by atoms with Gasteiger partial charge >= 0.3 is 6.61 Å². The number of nitrogens with zero attached hydrogens (tertiary/aromatic N) is 4. The molecule has 0 atom stereocenters. The Hall–Kier alpha value is -2.16. The summed E-state index contributed by atoms with van der Waals surface area (Å²) >= 11 is 1.40. The Kier molecular flexibility index (Phi) is 5.09. The van der Waals surface area contributed by atoms with Crippen LogP contribution in [0.3, 0.4) is 0 Å². The number of alkyl halides is 2. The van der Waals surface area contributed by atoms with E-state index in [9.17, 15) is 8.78 Å². The highest BCUT2D eigenvalue weighted by Gasteiger charge is 2.10. The van der Waals surface area contributed by atoms with E-state index in [-0.39, 0.29) is 11.5 Å². The van der Waals surface area contributed by atoms with Gasteiger partial charge < -0.3 is 9.47 Å². The summed E-state index contributed by atoms with van der Waals surface area (Å²) in [5.74, 6) is 0.173. The Bertz CT molecular complexity index is 633. The lowest BCUT2D eigenvalue weighted by Gasteiger charge is -2.09. The predicted molar refractivity (Wildman–Crippen MR) is 74.4 cm³/mol. The van der Waals surface area contributed by atoms with Gasteiger partial charge in [-0.15, -0.1) is 10.2 Å². The van der Waals surface area contributed by atoms with Crippen LogP contribution in [0.1, 0.15) is 5.56 Å². The van der Waals surface area contributed by atoms with Gasteiger partial charge in [-0.25, -0.2) is 0 Å². The molecule has 9 heteroatoms. The van der Waals surface area contributed by atoms with Crippen LogP contribution >= 0.6 is 11.8 Å². The van der Waals surface area contributed by atoms with Crippen LogP contribution in [0.25, 0.3) is 0 Å². The van der Waals surface area contributed by atoms with Gasteiger partial charge in [0.1, 0.15) is 6.33 Å². The molecule has 0 aliphatic carbocycles. The first-order chi connectivity index (χ1) is 10.1. The summed E-state index contributed by atoms with van der Waals surface area (Å²) in [5.41, 5.74) is 0.661. The third-order valence-corrected chi connectivity index (χ3v) is 3.05. The molecular formula is C12H12F2N4O2S. The maximum atomic E-state index is 12.2. The second-order valence-electron chi connectivity index (χ2n) is 3.70. The Balaban J connectivity index is 2.21. The molecule has 1 aromatic carbocycles. The number of ether oxygens (including phenoxy) is 2. The molecule has 0 saturated carbocycles. The zero-order valence-corrected chi connectivity index (χ0v) is 12.1. The molecule has 0 bridgehead atoms. The maximum Gasteiger partial charge on any atom is 0.387 e. The monoisotopic (exact) mass is 314 g/mol. The molecule has 0 amide bonds. The predicted octanol–water partition coefficient (Wildman–Crippen LogP) is 2.49. The normalized spacial score (nSPS) is 11.3. The van der Waals surface area contributed by atoms with Crippen LogP contribution in [0.4, 0.5) is 8.78 Å². The second kappa shape index (κ2) is 7.02. The van der Waals surface area contributed by atoms with Crippen LogP contribution in [-0.4, -0.2) is 41.1 Å². The van der Waals surface area contributed by atoms with E-state index < -0.39 is 6.61 Å². The van der Waals surface area contributed by atoms with Gasteiger partial charge in [-0.3, -0.25) is 0 Å². The van der Waals surface area contributed by atoms with E-state index in [0.717, 1.165) is 0 Å². The SMILES string of the molecule is COc1cc(C=Nn2cnnc2SC)ccc1OC(F)F. The Morgan fingerprint density at radius 3 is 2.86 bits per heavy atom. The first-order valence-corrected chi connectivity index (χ1v) is 6.97. The van der Waals surface area contributed by atoms with Crippen molar-refractivity contribution in [2.45, 2.75) is 11.8 Å². The van der Waals surface area contributed by atoms with E-state index in [2.05, 4.69) is 20.0 Å². The largest absolute Gasteiger partial charge is 0.493 e. The molecule has 112 valence electrons. The smallest absolute Gasteiger partial charge is 0.387 e. The summed E-state index contributed by atoms with van der Waals surface area (Å²) in [7, 11) is 1.38. The molecule has 6 nitrogen and oxygen atoms in total. The van der Waals surface area contributed by atoms with Gasteiger partial charge in [-0.05, 0) is 30.0 Å². The minimum Gasteiger partial charge on any atom is -0.493 e. The summed E-state index contributed by atoms with van der Waals surface area (Å²) in [5, 5.41) is 12.4. The molecule has 2 rings (SSSR count). The van der Waals surface area contributed by atoms with Gasteiger partial charge in [-0.2, -0.15) is 18.6 Å². The molecule has 1 heterocycles. The van der Waals surface area contributed by atoms with E-state index in [0.29, 0.717) is 10.7 Å². The van der Waals surface area contributed by atoms with Crippen molar-refractivity contribution in [3.05, 3.63) is 30.1 Å². The van der Waals surface area contributed by atoms with E-state index in [4.69, 9.17) is 4.74 Å². The van der Waals surface area contributed by atoms with Crippen molar-refractivity contribution >= 4 is 18.0 Å². The summed E-state index contributed by atoms with van der Waals surface area (Å²) < 4.78 is 35.3. The van der Waals surface area contributed by atoms with E-state index in [1.54, 1.807) is 12.1 Å². The number of hydrogen-bond acceptors (Lipinski definition) is 6. The van der Waals surface area contributed by atoms with Crippen molar-refractivity contribution in [3.8, 4) is 11.5 Å². The second-order valence-corrected chi connectivity index (χ2v) is 4.47. The summed E-state index contributed by atoms with van der Waals surface area (Å²) in [6.45, 7) is -2.90. The molecule has 0 unspecified atom stereocenters. The third kappa shape index (κ3) is 3.91. The summed E-state index contributed by atoms with van der Waals surface area (Å²) in [4.78, 5) is 0. The number of rotatable bonds is 6. The lowest BCUT2D eigenvalue weighted by atomic mass is 10.2. The average molecular weight is 314 g/mol. The minimum atomic E-state index is -2.90. The van der Waals surface area contributed by atoms with E-state index in [1.807, 2.05) is 6.26 Å². The van der Waals surface area contributed by atoms with Crippen LogP contribution in [0.15, 0.2) is 34.8 Å². The molecule has 0 saturated heterocycles. The van der Waals surface area contributed by atoms with Crippen molar-refractivity contribution < 1.29 is 18.3 Å². The van der Waals surface area contributed by atoms with Crippen LogP contribution in [0.5, 0.6) is 11.5 Å². The Labute approximate surface area is 123 Å². The summed E-state index contributed by atoms with van der Waals surface area (Å²) in [6, 6.07) is 4.53. The molecule has 0 spiro atoms. The molecular weight excluding hydrogens is 302 g/mol. The van der Waals surface area contributed by atoms with Gasteiger partial charge in [0.15, 0.2) is 11.5 Å². The molecule has 0 aliphatic heterocycles. The van der Waals surface area contributed by atoms with Gasteiger partial charge in [0.2, 0.25) is 5.16 Å². The summed E-state index contributed by atoms with van der Waals surface area (Å²) in [6.07, 6.45) is 4.86. The van der Waals surface area contributed by atoms with Gasteiger partial charge in [0.05, 0.1) is 13.3 Å². The van der Waals surface area contributed by atoms with Crippen molar-refractivity contribution in [1.29, 1.82) is 0 Å². The number of aromatic nitrogens is 3. The molecule has 1 aromatic heterocycles. The third-order valence-electron chi connectivity index (χ3n) is 2.42. The topological polar surface area (TPSA) is 61.5 Å². The van der Waals surface area contributed by atoms with Gasteiger partial charge in [0.25, 0.3) is 0 Å². The van der Waals surface area contributed by atoms with E-state index >= 15 is 0 Å². The van der Waals surface area contributed by atoms with Crippen LogP contribution in [-0.2, 0) is 0 Å². The standard InChI is InChI=1S/C12H12F2N4O2S/c1-19-10-5-8(3-4-9(10)20-11(13)14)6-16-18-7-15-17-12(18)21-2/h3-7,11H,1-2H3. The average Bonchev–Trinajstić information content (AvgIpc) is 2.93. The number of halogens is 2. The Morgan fingerprint density at radius 2 is 2.19 bits per heavy atom. The number of hydrogen-bond donors (Lipinski definition) is 0. The lowest BCUT2D eigenvalue weighted by molar-refractivity contribution is -0.0512. The highest BCUT2D eigenvalue weighted by molar-refractivity contribution is 7.98. The van der Waals surface area contributed by atoms with Crippen molar-refractivity contribution in [2.24, 2.45) is 5.10 Å². The zero-order valence-electron chi connectivity index (χ0n) is 11.2. The van der Waals surface area contributed by atoms with Crippen molar-refractivity contribution in [1.82, 2.24) is 14.9 Å². The number of benzene rings is 1. The first-order valence-electron chi connectivity index (χ1n) is 5.75. The fraction of sp³-hybridized carbons (Fsp3) is 0.250. The maximum absolute atomic E-state index is 12.2. The van der Waals surface area contributed by atoms with Crippen LogP contribution in [0.2, 0.25) is 0 Å². The molecule has 0 radical (unpaired) electrons. The fourth-order valence-corrected chi connectivity index (χ4v) is 1.93. The van der Waals surface area contributed by atoms with Gasteiger partial charge in [0, 0.05) is 0 Å². The zero-order chi connectivity index (χ0) is 15.2. The van der Waals surface area contributed by atoms with Crippen molar-refractivity contribution in [3.63, 3.8) is 0 Å². The van der Waals surface area contributed by atoms with Crippen molar-refractivity contribution in [2.75, 3.05) is 13.4 Å². The van der Waals surface area contributed by atoms with Crippen LogP contribution in [0, 0.1) is 0 Å². The van der Waals surface area contributed by atoms with Crippen LogP contribution < -0.4 is 9.47 Å². The van der Waals surface area contributed by atoms with E-state index in [1.165, 1.54) is 42.2 Å². The molecule has 0 fully saturated rings. The first kappa shape index (κ1) is 15.2. The number of methoxy groups -OCH3 is 1. The molecule has 0 N–H and O–H groups in total. The lowest BCUT2D eigenvalue weighted by Crippen LogP contribution is -2.03. The number of thioether (sulfide) groups is 1.